The maximum atomic E-state index is 5.25. The van der Waals surface area contributed by atoms with E-state index in [1.54, 1.807) is 0 Å². The third kappa shape index (κ3) is 4.87. The summed E-state index contributed by atoms with van der Waals surface area (Å²) < 4.78 is 0. The fraction of sp³-hybridized carbons (Fsp3) is 0. The summed E-state index contributed by atoms with van der Waals surface area (Å²) in [4.78, 5) is 15.6. The quantitative estimate of drug-likeness (QED) is 0.181. The topological polar surface area (TPSA) is 38.7 Å². The van der Waals surface area contributed by atoms with Gasteiger partial charge in [-0.3, -0.25) is 0 Å². The van der Waals surface area contributed by atoms with Gasteiger partial charge in [0.15, 0.2) is 0 Å². The van der Waals surface area contributed by atoms with Gasteiger partial charge >= 0.3 is 0 Å². The molecule has 0 spiro atoms. The van der Waals surface area contributed by atoms with Crippen LogP contribution in [0.2, 0.25) is 0 Å². The van der Waals surface area contributed by atoms with Crippen LogP contribution in [0.3, 0.4) is 0 Å². The lowest BCUT2D eigenvalue weighted by Gasteiger charge is -2.10. The van der Waals surface area contributed by atoms with E-state index < -0.39 is 0 Å². The Hall–Kier alpha value is -6.71. The highest BCUT2D eigenvalue weighted by atomic mass is 14.8. The molecule has 0 radical (unpaired) electrons. The monoisotopic (exact) mass is 635 g/mol. The van der Waals surface area contributed by atoms with E-state index in [-0.39, 0.29) is 0 Å². The van der Waals surface area contributed by atoms with Crippen LogP contribution < -0.4 is 0 Å². The van der Waals surface area contributed by atoms with Crippen LogP contribution in [0.1, 0.15) is 0 Å². The molecule has 10 rings (SSSR count). The third-order valence-electron chi connectivity index (χ3n) is 9.80. The van der Waals surface area contributed by atoms with Gasteiger partial charge in [-0.1, -0.05) is 140 Å². The van der Waals surface area contributed by atoms with Crippen LogP contribution in [0.25, 0.3) is 99.2 Å². The van der Waals surface area contributed by atoms with Gasteiger partial charge in [-0.25, -0.2) is 15.0 Å². The van der Waals surface area contributed by atoms with E-state index in [0.29, 0.717) is 0 Å². The van der Waals surface area contributed by atoms with Gasteiger partial charge in [0.05, 0.1) is 33.6 Å². The molecule has 0 saturated carbocycles. The maximum absolute atomic E-state index is 5.25. The second-order valence-electron chi connectivity index (χ2n) is 12.9. The Morgan fingerprint density at radius 2 is 0.660 bits per heavy atom. The predicted octanol–water partition coefficient (Wildman–Crippen LogP) is 12.3. The number of aromatic nitrogens is 3. The summed E-state index contributed by atoms with van der Waals surface area (Å²) in [6.45, 7) is 0. The molecule has 232 valence electrons. The molecule has 0 fully saturated rings. The summed E-state index contributed by atoms with van der Waals surface area (Å²) in [5.74, 6) is 0. The van der Waals surface area contributed by atoms with Crippen molar-refractivity contribution < 1.29 is 0 Å². The Kier molecular flexibility index (Phi) is 6.49. The van der Waals surface area contributed by atoms with E-state index >= 15 is 0 Å². The van der Waals surface area contributed by atoms with Crippen molar-refractivity contribution in [2.75, 3.05) is 0 Å². The summed E-state index contributed by atoms with van der Waals surface area (Å²) in [6, 6.07) is 62.1. The van der Waals surface area contributed by atoms with Crippen molar-refractivity contribution in [1.29, 1.82) is 0 Å². The smallest absolute Gasteiger partial charge is 0.0972 e. The molecule has 0 aliphatic carbocycles. The van der Waals surface area contributed by atoms with Gasteiger partial charge in [0.25, 0.3) is 0 Å². The summed E-state index contributed by atoms with van der Waals surface area (Å²) in [5, 5.41) is 8.11. The van der Waals surface area contributed by atoms with E-state index in [1.165, 1.54) is 32.7 Å². The van der Waals surface area contributed by atoms with Crippen molar-refractivity contribution in [2.24, 2.45) is 0 Å². The summed E-state index contributed by atoms with van der Waals surface area (Å²) >= 11 is 0. The van der Waals surface area contributed by atoms with Crippen LogP contribution in [0.4, 0.5) is 0 Å². The molecule has 0 N–H and O–H groups in total. The fourth-order valence-corrected chi connectivity index (χ4v) is 7.17. The van der Waals surface area contributed by atoms with Crippen molar-refractivity contribution in [3.05, 3.63) is 176 Å². The molecule has 3 nitrogen and oxygen atoms in total. The average Bonchev–Trinajstić information content (AvgIpc) is 3.20. The molecule has 3 heteroatoms. The number of benzene rings is 7. The van der Waals surface area contributed by atoms with Gasteiger partial charge in [-0.15, -0.1) is 0 Å². The molecule has 0 saturated heterocycles. The van der Waals surface area contributed by atoms with Gasteiger partial charge < -0.3 is 0 Å². The summed E-state index contributed by atoms with van der Waals surface area (Å²) in [5.41, 5.74) is 11.1. The predicted molar refractivity (Wildman–Crippen MR) is 209 cm³/mol. The Labute approximate surface area is 289 Å². The Bertz CT molecular complexity index is 2940. The molecule has 0 atom stereocenters. The molecule has 50 heavy (non-hydrogen) atoms. The SMILES string of the molecule is c1cc(-c2ccc3ccccc3c2)cc(-c2ccc3ccc4ccc(-c5cccc(-c6ccc7ccc8ccccc8c7n6)c5)nc4c3n2)c1. The van der Waals surface area contributed by atoms with E-state index in [1.807, 2.05) is 0 Å². The third-order valence-corrected chi connectivity index (χ3v) is 9.80. The van der Waals surface area contributed by atoms with Gasteiger partial charge in [-0.2, -0.15) is 0 Å². The average molecular weight is 636 g/mol. The number of hydrogen-bond acceptors (Lipinski definition) is 3. The van der Waals surface area contributed by atoms with Crippen LogP contribution >= 0.6 is 0 Å². The first-order chi connectivity index (χ1) is 24.7. The molecule has 7 aromatic carbocycles. The molecule has 10 aromatic rings. The molecule has 3 heterocycles. The molecular formula is C47H29N3. The van der Waals surface area contributed by atoms with E-state index in [2.05, 4.69) is 176 Å². The van der Waals surface area contributed by atoms with Crippen LogP contribution in [0.5, 0.6) is 0 Å². The standard InChI is InChI=1S/C47H29N3/c1-2-9-35-27-37(20-15-30(35)7-1)36-10-5-11-38(28-36)43-25-22-33-18-19-34-23-26-44(50-47(34)46(33)49-43)40-13-6-12-39(29-40)42-24-21-32-17-16-31-8-3-4-14-41(31)45(32)48-42/h1-29H. The van der Waals surface area contributed by atoms with Crippen LogP contribution in [-0.4, -0.2) is 15.0 Å². The van der Waals surface area contributed by atoms with Gasteiger partial charge in [0, 0.05) is 38.2 Å². The molecular weight excluding hydrogens is 607 g/mol. The minimum Gasteiger partial charge on any atom is -0.247 e. The largest absolute Gasteiger partial charge is 0.247 e. The highest BCUT2D eigenvalue weighted by Gasteiger charge is 2.12. The number of rotatable bonds is 4. The molecule has 0 bridgehead atoms. The molecule has 0 aliphatic heterocycles. The number of hydrogen-bond donors (Lipinski definition) is 0. The Morgan fingerprint density at radius 3 is 1.30 bits per heavy atom. The highest BCUT2D eigenvalue weighted by molar-refractivity contribution is 6.06. The van der Waals surface area contributed by atoms with Crippen molar-refractivity contribution >= 4 is 54.3 Å². The van der Waals surface area contributed by atoms with E-state index in [0.717, 1.165) is 66.5 Å². The number of pyridine rings is 3. The fourth-order valence-electron chi connectivity index (χ4n) is 7.17. The zero-order valence-corrected chi connectivity index (χ0v) is 27.1. The van der Waals surface area contributed by atoms with Crippen molar-refractivity contribution in [2.45, 2.75) is 0 Å². The Morgan fingerprint density at radius 1 is 0.240 bits per heavy atom. The first-order valence-corrected chi connectivity index (χ1v) is 16.9. The minimum absolute atomic E-state index is 0.897. The second kappa shape index (κ2) is 11.5. The normalized spacial score (nSPS) is 11.6. The minimum atomic E-state index is 0.897. The first-order valence-electron chi connectivity index (χ1n) is 16.9. The van der Waals surface area contributed by atoms with E-state index in [9.17, 15) is 0 Å². The zero-order chi connectivity index (χ0) is 33.0. The number of fused-ring (bicyclic) bond motifs is 7. The molecule has 0 aliphatic rings. The van der Waals surface area contributed by atoms with Crippen molar-refractivity contribution in [3.63, 3.8) is 0 Å². The van der Waals surface area contributed by atoms with Crippen LogP contribution in [0.15, 0.2) is 176 Å². The highest BCUT2D eigenvalue weighted by Crippen LogP contribution is 2.33. The van der Waals surface area contributed by atoms with Crippen molar-refractivity contribution in [3.8, 4) is 44.9 Å². The number of nitrogens with zero attached hydrogens (tertiary/aromatic N) is 3. The van der Waals surface area contributed by atoms with Crippen LogP contribution in [0, 0.1) is 0 Å². The molecule has 0 unspecified atom stereocenters. The van der Waals surface area contributed by atoms with Crippen molar-refractivity contribution in [1.82, 2.24) is 15.0 Å². The summed E-state index contributed by atoms with van der Waals surface area (Å²) in [7, 11) is 0. The van der Waals surface area contributed by atoms with Gasteiger partial charge in [0.2, 0.25) is 0 Å². The summed E-state index contributed by atoms with van der Waals surface area (Å²) in [6.07, 6.45) is 0. The van der Waals surface area contributed by atoms with Gasteiger partial charge in [0.1, 0.15) is 0 Å². The Balaban J connectivity index is 1.04. The zero-order valence-electron chi connectivity index (χ0n) is 27.1. The molecule has 3 aromatic heterocycles. The molecule has 0 amide bonds. The van der Waals surface area contributed by atoms with Crippen LogP contribution in [-0.2, 0) is 0 Å². The van der Waals surface area contributed by atoms with Gasteiger partial charge in [-0.05, 0) is 63.7 Å². The maximum Gasteiger partial charge on any atom is 0.0972 e. The lowest BCUT2D eigenvalue weighted by Crippen LogP contribution is -1.92. The lowest BCUT2D eigenvalue weighted by molar-refractivity contribution is 1.36. The van der Waals surface area contributed by atoms with E-state index in [4.69, 9.17) is 15.0 Å². The second-order valence-corrected chi connectivity index (χ2v) is 12.9. The lowest BCUT2D eigenvalue weighted by atomic mass is 9.98. The first kappa shape index (κ1) is 28.3.